The molecule has 1 aliphatic carbocycles. The van der Waals surface area contributed by atoms with E-state index in [1.165, 1.54) is 4.90 Å². The Morgan fingerprint density at radius 2 is 1.64 bits per heavy atom. The second-order valence-corrected chi connectivity index (χ2v) is 6.85. The van der Waals surface area contributed by atoms with Crippen LogP contribution in [0.15, 0.2) is 30.3 Å². The highest BCUT2D eigenvalue weighted by atomic mass is 16.1. The van der Waals surface area contributed by atoms with Crippen LogP contribution in [0.25, 0.3) is 0 Å². The number of hydrogen-bond acceptors (Lipinski definition) is 4. The first-order valence-electron chi connectivity index (χ1n) is 8.56. The zero-order valence-corrected chi connectivity index (χ0v) is 14.9. The molecular formula is C20H24N3O2+. The number of anilines is 2. The number of rotatable bonds is 5. The van der Waals surface area contributed by atoms with E-state index in [2.05, 4.69) is 19.4 Å². The molecule has 25 heavy (non-hydrogen) atoms. The van der Waals surface area contributed by atoms with Gasteiger partial charge in [-0.25, -0.2) is 0 Å². The molecule has 0 aliphatic heterocycles. The number of nitrogen functional groups attached to an aromatic ring is 1. The quantitative estimate of drug-likeness (QED) is 0.484. The lowest BCUT2D eigenvalue weighted by molar-refractivity contribution is -0.858. The summed E-state index contributed by atoms with van der Waals surface area (Å²) in [6, 6.07) is 8.81. The van der Waals surface area contributed by atoms with E-state index in [4.69, 9.17) is 5.73 Å². The number of aryl methyl sites for hydroxylation is 1. The molecule has 0 heterocycles. The van der Waals surface area contributed by atoms with E-state index < -0.39 is 0 Å². The number of nitrogens with one attached hydrogen (secondary N) is 2. The average Bonchev–Trinajstić information content (AvgIpc) is 2.59. The monoisotopic (exact) mass is 338 g/mol. The van der Waals surface area contributed by atoms with Crippen molar-refractivity contribution >= 4 is 22.9 Å². The molecule has 130 valence electrons. The van der Waals surface area contributed by atoms with E-state index in [0.717, 1.165) is 25.1 Å². The van der Waals surface area contributed by atoms with Crippen molar-refractivity contribution in [1.29, 1.82) is 0 Å². The molecule has 2 aromatic carbocycles. The summed E-state index contributed by atoms with van der Waals surface area (Å²) in [5, 5.41) is 3.34. The standard InChI is InChI=1S/C20H23N3O2/c1-12-11-15(22-9-6-10-23(2)3)16-17(18(12)21)20(25)14-8-5-4-7-13(14)19(16)24/h4-5,7-8,11,22H,6,9-10,21H2,1-3H3/p+1. The largest absolute Gasteiger partial charge is 0.398 e. The molecule has 5 heteroatoms. The summed E-state index contributed by atoms with van der Waals surface area (Å²) in [6.07, 6.45) is 0.971. The minimum Gasteiger partial charge on any atom is -0.398 e. The third-order valence-electron chi connectivity index (χ3n) is 4.61. The third kappa shape index (κ3) is 3.03. The predicted molar refractivity (Wildman–Crippen MR) is 99.7 cm³/mol. The summed E-state index contributed by atoms with van der Waals surface area (Å²) in [5.74, 6) is -0.315. The van der Waals surface area contributed by atoms with Gasteiger partial charge in [-0.05, 0) is 18.6 Å². The van der Waals surface area contributed by atoms with Gasteiger partial charge in [0.1, 0.15) is 0 Å². The number of nitrogens with two attached hydrogens (primary N) is 1. The highest BCUT2D eigenvalue weighted by molar-refractivity contribution is 6.32. The van der Waals surface area contributed by atoms with Crippen molar-refractivity contribution in [3.63, 3.8) is 0 Å². The van der Waals surface area contributed by atoms with E-state index in [1.54, 1.807) is 24.3 Å². The summed E-state index contributed by atoms with van der Waals surface area (Å²) in [6.45, 7) is 3.63. The molecular weight excluding hydrogens is 314 g/mol. The Morgan fingerprint density at radius 1 is 1.04 bits per heavy atom. The van der Waals surface area contributed by atoms with E-state index >= 15 is 0 Å². The van der Waals surface area contributed by atoms with Gasteiger partial charge in [0.15, 0.2) is 11.6 Å². The summed E-state index contributed by atoms with van der Waals surface area (Å²) in [7, 11) is 4.21. The fourth-order valence-electron chi connectivity index (χ4n) is 3.26. The van der Waals surface area contributed by atoms with Gasteiger partial charge in [0.05, 0.1) is 31.8 Å². The highest BCUT2D eigenvalue weighted by Gasteiger charge is 2.33. The van der Waals surface area contributed by atoms with Crippen LogP contribution >= 0.6 is 0 Å². The molecule has 0 radical (unpaired) electrons. The van der Waals surface area contributed by atoms with E-state index in [9.17, 15) is 9.59 Å². The Kier molecular flexibility index (Phi) is 4.59. The number of benzene rings is 2. The number of fused-ring (bicyclic) bond motifs is 2. The van der Waals surface area contributed by atoms with Crippen molar-refractivity contribution in [3.05, 3.63) is 58.1 Å². The van der Waals surface area contributed by atoms with E-state index in [1.807, 2.05) is 13.0 Å². The smallest absolute Gasteiger partial charge is 0.196 e. The predicted octanol–water partition coefficient (Wildman–Crippen LogP) is 1.30. The Bertz CT molecular complexity index is 856. The van der Waals surface area contributed by atoms with E-state index in [0.29, 0.717) is 33.6 Å². The number of carbonyl (C=O) groups excluding carboxylic acids is 2. The molecule has 0 aromatic heterocycles. The molecule has 2 aromatic rings. The van der Waals surface area contributed by atoms with Gasteiger partial charge in [-0.1, -0.05) is 24.3 Å². The van der Waals surface area contributed by atoms with Crippen molar-refractivity contribution in [2.75, 3.05) is 38.2 Å². The first-order chi connectivity index (χ1) is 11.9. The Hall–Kier alpha value is -2.66. The Morgan fingerprint density at radius 3 is 2.24 bits per heavy atom. The number of hydrogen-bond donors (Lipinski definition) is 3. The molecule has 0 spiro atoms. The van der Waals surface area contributed by atoms with Gasteiger partial charge in [-0.3, -0.25) is 9.59 Å². The molecule has 0 bridgehead atoms. The van der Waals surface area contributed by atoms with Crippen LogP contribution in [-0.4, -0.2) is 38.8 Å². The van der Waals surface area contributed by atoms with Crippen LogP contribution < -0.4 is 16.0 Å². The maximum Gasteiger partial charge on any atom is 0.196 e. The Balaban J connectivity index is 2.04. The van der Waals surface area contributed by atoms with Crippen LogP contribution in [0.3, 0.4) is 0 Å². The SMILES string of the molecule is Cc1cc(NCCC[NH+](C)C)c2c(c1N)C(=O)c1ccccc1C2=O. The van der Waals surface area contributed by atoms with Gasteiger partial charge in [0.2, 0.25) is 0 Å². The lowest BCUT2D eigenvalue weighted by Gasteiger charge is -2.23. The van der Waals surface area contributed by atoms with Gasteiger partial charge in [0, 0.05) is 35.5 Å². The van der Waals surface area contributed by atoms with Crippen LogP contribution in [0.4, 0.5) is 11.4 Å². The zero-order valence-electron chi connectivity index (χ0n) is 14.9. The second-order valence-electron chi connectivity index (χ2n) is 6.85. The van der Waals surface area contributed by atoms with Crippen molar-refractivity contribution in [1.82, 2.24) is 0 Å². The van der Waals surface area contributed by atoms with Gasteiger partial charge in [-0.2, -0.15) is 0 Å². The summed E-state index contributed by atoms with van der Waals surface area (Å²) < 4.78 is 0. The molecule has 0 fully saturated rings. The van der Waals surface area contributed by atoms with Crippen molar-refractivity contribution in [2.24, 2.45) is 0 Å². The number of carbonyl (C=O) groups is 2. The van der Waals surface area contributed by atoms with Crippen LogP contribution in [0.5, 0.6) is 0 Å². The van der Waals surface area contributed by atoms with Gasteiger partial charge >= 0.3 is 0 Å². The van der Waals surface area contributed by atoms with Crippen molar-refractivity contribution in [2.45, 2.75) is 13.3 Å². The average molecular weight is 338 g/mol. The van der Waals surface area contributed by atoms with Gasteiger partial charge in [0.25, 0.3) is 0 Å². The van der Waals surface area contributed by atoms with Crippen LogP contribution in [0.2, 0.25) is 0 Å². The fourth-order valence-corrected chi connectivity index (χ4v) is 3.26. The van der Waals surface area contributed by atoms with Crippen LogP contribution in [0, 0.1) is 6.92 Å². The highest BCUT2D eigenvalue weighted by Crippen LogP contribution is 2.37. The third-order valence-corrected chi connectivity index (χ3v) is 4.61. The van der Waals surface area contributed by atoms with Crippen LogP contribution in [0.1, 0.15) is 43.8 Å². The summed E-state index contributed by atoms with van der Waals surface area (Å²) in [5.41, 5.74) is 9.69. The number of ketones is 2. The number of quaternary nitrogens is 1. The topological polar surface area (TPSA) is 76.6 Å². The van der Waals surface area contributed by atoms with Crippen molar-refractivity contribution < 1.29 is 14.5 Å². The molecule has 0 saturated heterocycles. The molecule has 0 amide bonds. The molecule has 3 rings (SSSR count). The molecule has 4 N–H and O–H groups in total. The summed E-state index contributed by atoms with van der Waals surface area (Å²) >= 11 is 0. The molecule has 0 atom stereocenters. The molecule has 1 aliphatic rings. The van der Waals surface area contributed by atoms with Gasteiger partial charge < -0.3 is 16.0 Å². The molecule has 5 nitrogen and oxygen atoms in total. The summed E-state index contributed by atoms with van der Waals surface area (Å²) in [4.78, 5) is 27.3. The lowest BCUT2D eigenvalue weighted by atomic mass is 9.81. The fraction of sp³-hybridized carbons (Fsp3) is 0.300. The first kappa shape index (κ1) is 17.2. The maximum atomic E-state index is 13.0. The molecule has 0 unspecified atom stereocenters. The minimum absolute atomic E-state index is 0.141. The minimum atomic E-state index is -0.174. The van der Waals surface area contributed by atoms with Gasteiger partial charge in [-0.15, -0.1) is 0 Å². The Labute approximate surface area is 147 Å². The van der Waals surface area contributed by atoms with E-state index in [-0.39, 0.29) is 11.6 Å². The normalized spacial score (nSPS) is 13.0. The lowest BCUT2D eigenvalue weighted by Crippen LogP contribution is -3.05. The molecule has 0 saturated carbocycles. The second kappa shape index (κ2) is 6.69. The van der Waals surface area contributed by atoms with Crippen LogP contribution in [-0.2, 0) is 0 Å². The first-order valence-corrected chi connectivity index (χ1v) is 8.56. The zero-order chi connectivity index (χ0) is 18.1. The maximum absolute atomic E-state index is 13.0. The van der Waals surface area contributed by atoms with Crippen molar-refractivity contribution in [3.8, 4) is 0 Å².